The summed E-state index contributed by atoms with van der Waals surface area (Å²) in [4.78, 5) is 43.8. The van der Waals surface area contributed by atoms with Crippen LogP contribution >= 0.6 is 11.5 Å². The molecule has 0 bridgehead atoms. The zero-order chi connectivity index (χ0) is 32.0. The highest BCUT2D eigenvalue weighted by Crippen LogP contribution is 2.39. The maximum Gasteiger partial charge on any atom is 0.273 e. The summed E-state index contributed by atoms with van der Waals surface area (Å²) in [6.45, 7) is 0.770. The van der Waals surface area contributed by atoms with Crippen LogP contribution < -0.4 is 35.5 Å². The van der Waals surface area contributed by atoms with E-state index >= 15 is 0 Å². The van der Waals surface area contributed by atoms with Crippen LogP contribution in [0.2, 0.25) is 0 Å². The van der Waals surface area contributed by atoms with Gasteiger partial charge in [-0.1, -0.05) is 50.7 Å². The van der Waals surface area contributed by atoms with Gasteiger partial charge in [0.2, 0.25) is 5.91 Å². The first-order valence-corrected chi connectivity index (χ1v) is 16.9. The topological polar surface area (TPSA) is 145 Å². The molecule has 3 amide bonds. The van der Waals surface area contributed by atoms with Crippen LogP contribution in [0.4, 0.5) is 11.4 Å². The summed E-state index contributed by atoms with van der Waals surface area (Å²) < 4.78 is 21.3. The molecule has 4 N–H and O–H groups in total. The Kier molecular flexibility index (Phi) is 9.91. The number of nitrogens with two attached hydrogens (primary N) is 1. The van der Waals surface area contributed by atoms with Gasteiger partial charge < -0.3 is 30.6 Å². The van der Waals surface area contributed by atoms with Crippen LogP contribution in [-0.4, -0.2) is 54.5 Å². The van der Waals surface area contributed by atoms with E-state index in [0.717, 1.165) is 75.7 Å². The van der Waals surface area contributed by atoms with Crippen molar-refractivity contribution in [3.63, 3.8) is 0 Å². The molecule has 2 fully saturated rings. The maximum atomic E-state index is 14.7. The van der Waals surface area contributed by atoms with E-state index in [2.05, 4.69) is 15.0 Å². The highest BCUT2D eigenvalue weighted by molar-refractivity contribution is 7.09. The number of hydrogen-bond acceptors (Lipinski definition) is 9. The molecule has 2 aromatic carbocycles. The monoisotopic (exact) mass is 647 g/mol. The summed E-state index contributed by atoms with van der Waals surface area (Å²) >= 11 is 0.858. The molecule has 0 spiro atoms. The van der Waals surface area contributed by atoms with E-state index in [1.54, 1.807) is 49.6 Å². The van der Waals surface area contributed by atoms with Gasteiger partial charge in [-0.2, -0.15) is 4.37 Å². The zero-order valence-corrected chi connectivity index (χ0v) is 26.9. The third kappa shape index (κ3) is 6.91. The van der Waals surface area contributed by atoms with Crippen LogP contribution in [0.15, 0.2) is 42.5 Å². The first-order valence-electron chi connectivity index (χ1n) is 16.2. The number of benzene rings is 2. The fraction of sp³-hybridized carbons (Fsp3) is 0.471. The average molecular weight is 648 g/mol. The Morgan fingerprint density at radius 2 is 1.52 bits per heavy atom. The molecule has 1 atom stereocenters. The SMILES string of the molecule is COc1ccc([C@@H](C(=O)NC2CCCCC2)N(C(=O)c2snc(C(=O)NC3CCCCC3)c2N)c2ccc3c(c2)OCCO3)cc1. The van der Waals surface area contributed by atoms with Gasteiger partial charge in [-0.25, -0.2) is 0 Å². The molecule has 244 valence electrons. The summed E-state index contributed by atoms with van der Waals surface area (Å²) in [5, 5.41) is 6.26. The van der Waals surface area contributed by atoms with E-state index < -0.39 is 17.9 Å². The predicted molar refractivity (Wildman–Crippen MR) is 176 cm³/mol. The molecule has 2 saturated carbocycles. The molecule has 3 aromatic rings. The minimum atomic E-state index is -1.08. The van der Waals surface area contributed by atoms with Crippen molar-refractivity contribution in [1.29, 1.82) is 0 Å². The number of fused-ring (bicyclic) bond motifs is 1. The van der Waals surface area contributed by atoms with Crippen molar-refractivity contribution in [2.75, 3.05) is 31.0 Å². The number of nitrogens with zero attached hydrogens (tertiary/aromatic N) is 2. The average Bonchev–Trinajstić information content (AvgIpc) is 3.48. The van der Waals surface area contributed by atoms with Gasteiger partial charge in [-0.3, -0.25) is 19.3 Å². The van der Waals surface area contributed by atoms with Crippen LogP contribution in [0.3, 0.4) is 0 Å². The number of carbonyl (C=O) groups is 3. The number of amides is 3. The fourth-order valence-electron chi connectivity index (χ4n) is 6.52. The smallest absolute Gasteiger partial charge is 0.273 e. The molecule has 1 aromatic heterocycles. The van der Waals surface area contributed by atoms with Gasteiger partial charge in [0.1, 0.15) is 29.9 Å². The van der Waals surface area contributed by atoms with Gasteiger partial charge in [0.05, 0.1) is 12.8 Å². The molecule has 12 heteroatoms. The second-order valence-electron chi connectivity index (χ2n) is 12.1. The lowest BCUT2D eigenvalue weighted by Gasteiger charge is -2.34. The third-order valence-electron chi connectivity index (χ3n) is 8.99. The number of nitrogen functional groups attached to an aromatic ring is 1. The number of ether oxygens (including phenoxy) is 3. The van der Waals surface area contributed by atoms with E-state index in [0.29, 0.717) is 41.7 Å². The Morgan fingerprint density at radius 1 is 0.891 bits per heavy atom. The Balaban J connectivity index is 1.40. The van der Waals surface area contributed by atoms with E-state index in [1.165, 1.54) is 4.90 Å². The quantitative estimate of drug-likeness (QED) is 0.280. The highest BCUT2D eigenvalue weighted by Gasteiger charge is 2.38. The van der Waals surface area contributed by atoms with Crippen molar-refractivity contribution in [3.8, 4) is 17.2 Å². The first-order chi connectivity index (χ1) is 22.4. The van der Waals surface area contributed by atoms with Crippen molar-refractivity contribution in [1.82, 2.24) is 15.0 Å². The van der Waals surface area contributed by atoms with Crippen LogP contribution in [0.25, 0.3) is 0 Å². The maximum absolute atomic E-state index is 14.7. The summed E-state index contributed by atoms with van der Waals surface area (Å²) in [7, 11) is 1.57. The predicted octanol–water partition coefficient (Wildman–Crippen LogP) is 5.40. The molecule has 0 unspecified atom stereocenters. The van der Waals surface area contributed by atoms with Crippen molar-refractivity contribution in [2.24, 2.45) is 0 Å². The van der Waals surface area contributed by atoms with Crippen molar-refractivity contribution in [2.45, 2.75) is 82.3 Å². The van der Waals surface area contributed by atoms with E-state index in [-0.39, 0.29) is 34.2 Å². The molecule has 6 rings (SSSR count). The van der Waals surface area contributed by atoms with Gasteiger partial charge in [0.15, 0.2) is 17.2 Å². The number of carbonyl (C=O) groups excluding carboxylic acids is 3. The molecule has 3 aliphatic rings. The van der Waals surface area contributed by atoms with Crippen LogP contribution in [-0.2, 0) is 4.79 Å². The summed E-state index contributed by atoms with van der Waals surface area (Å²) in [6.07, 6.45) is 10.0. The minimum absolute atomic E-state index is 0.00257. The number of nitrogens with one attached hydrogen (secondary N) is 2. The lowest BCUT2D eigenvalue weighted by molar-refractivity contribution is -0.123. The summed E-state index contributed by atoms with van der Waals surface area (Å²) in [6, 6.07) is 11.2. The fourth-order valence-corrected chi connectivity index (χ4v) is 7.26. The molecule has 0 saturated heterocycles. The lowest BCUT2D eigenvalue weighted by atomic mass is 9.94. The van der Waals surface area contributed by atoms with Crippen molar-refractivity contribution < 1.29 is 28.6 Å². The molecular weight excluding hydrogens is 606 g/mol. The van der Waals surface area contributed by atoms with E-state index in [4.69, 9.17) is 19.9 Å². The highest BCUT2D eigenvalue weighted by atomic mass is 32.1. The van der Waals surface area contributed by atoms with Crippen molar-refractivity contribution in [3.05, 3.63) is 58.6 Å². The molecule has 2 heterocycles. The number of methoxy groups -OCH3 is 1. The van der Waals surface area contributed by atoms with Gasteiger partial charge in [-0.05, 0) is 67.0 Å². The normalized spacial score (nSPS) is 17.5. The summed E-state index contributed by atoms with van der Waals surface area (Å²) in [5.74, 6) is 0.364. The third-order valence-corrected chi connectivity index (χ3v) is 9.84. The molecular formula is C34H41N5O6S. The first kappa shape index (κ1) is 31.7. The van der Waals surface area contributed by atoms with Gasteiger partial charge in [0, 0.05) is 23.8 Å². The molecule has 2 aliphatic carbocycles. The second-order valence-corrected chi connectivity index (χ2v) is 12.9. The Morgan fingerprint density at radius 3 is 2.17 bits per heavy atom. The largest absolute Gasteiger partial charge is 0.497 e. The lowest BCUT2D eigenvalue weighted by Crippen LogP contribution is -2.47. The number of rotatable bonds is 9. The van der Waals surface area contributed by atoms with Gasteiger partial charge >= 0.3 is 0 Å². The van der Waals surface area contributed by atoms with Gasteiger partial charge in [-0.15, -0.1) is 0 Å². The molecule has 1 aliphatic heterocycles. The van der Waals surface area contributed by atoms with Crippen molar-refractivity contribution >= 4 is 40.6 Å². The summed E-state index contributed by atoms with van der Waals surface area (Å²) in [5.41, 5.74) is 7.52. The van der Waals surface area contributed by atoms with E-state index in [9.17, 15) is 14.4 Å². The second kappa shape index (κ2) is 14.4. The minimum Gasteiger partial charge on any atom is -0.497 e. The van der Waals surface area contributed by atoms with Gasteiger partial charge in [0.25, 0.3) is 11.8 Å². The Bertz CT molecular complexity index is 1550. The van der Waals surface area contributed by atoms with Crippen LogP contribution in [0.5, 0.6) is 17.2 Å². The van der Waals surface area contributed by atoms with Crippen LogP contribution in [0, 0.1) is 0 Å². The molecule has 0 radical (unpaired) electrons. The number of anilines is 2. The molecule has 11 nitrogen and oxygen atoms in total. The van der Waals surface area contributed by atoms with Crippen LogP contribution in [0.1, 0.15) is 96.0 Å². The number of hydrogen-bond donors (Lipinski definition) is 3. The standard InChI is InChI=1S/C34H41N5O6S/c1-43-25-15-12-21(13-16-25)30(33(41)37-23-10-6-3-7-11-23)39(24-14-17-26-27(20-24)45-19-18-44-26)34(42)31-28(35)29(38-46-31)32(40)36-22-8-4-2-5-9-22/h12-17,20,22-23,30H,2-11,18-19,35H2,1H3,(H,36,40)(H,37,41)/t30-/m0/s1. The number of aromatic nitrogens is 1. The Labute approximate surface area is 272 Å². The Hall–Kier alpha value is -4.32. The molecule has 46 heavy (non-hydrogen) atoms. The zero-order valence-electron chi connectivity index (χ0n) is 26.1. The van der Waals surface area contributed by atoms with E-state index in [1.807, 2.05) is 0 Å².